The molecule has 0 unspecified atom stereocenters. The first-order chi connectivity index (χ1) is 8.47. The monoisotopic (exact) mass is 252 g/mol. The minimum absolute atomic E-state index is 0.0752. The fraction of sp³-hybridized carbons (Fsp3) is 0.400. The molecule has 1 rings (SSSR count). The van der Waals surface area contributed by atoms with Gasteiger partial charge in [0, 0.05) is 13.1 Å². The van der Waals surface area contributed by atoms with Crippen molar-refractivity contribution in [2.45, 2.75) is 0 Å². The molecule has 8 nitrogen and oxygen atoms in total. The van der Waals surface area contributed by atoms with Crippen molar-refractivity contribution in [1.82, 2.24) is 14.9 Å². The Morgan fingerprint density at radius 3 is 2.67 bits per heavy atom. The Hall–Kier alpha value is -2.06. The summed E-state index contributed by atoms with van der Waals surface area (Å²) in [6, 6.07) is 0. The summed E-state index contributed by atoms with van der Waals surface area (Å²) in [5.41, 5.74) is -0.137. The highest BCUT2D eigenvalue weighted by atomic mass is 16.4. The molecule has 0 saturated carbocycles. The number of anilines is 1. The van der Waals surface area contributed by atoms with Crippen molar-refractivity contribution >= 4 is 24.2 Å². The number of hydrogen-bond acceptors (Lipinski definition) is 7. The molecular formula is C10H16N6O2. The maximum atomic E-state index is 11.0. The summed E-state index contributed by atoms with van der Waals surface area (Å²) < 4.78 is 0. The minimum atomic E-state index is -1.19. The van der Waals surface area contributed by atoms with E-state index in [1.54, 1.807) is 0 Å². The van der Waals surface area contributed by atoms with Gasteiger partial charge in [0.25, 0.3) is 0 Å². The summed E-state index contributed by atoms with van der Waals surface area (Å²) in [4.78, 5) is 24.2. The van der Waals surface area contributed by atoms with E-state index in [9.17, 15) is 4.79 Å². The number of likely N-dealkylation sites (N-methyl/N-ethyl adjacent to an activating group) is 1. The maximum Gasteiger partial charge on any atom is 0.356 e. The van der Waals surface area contributed by atoms with Crippen LogP contribution in [0.5, 0.6) is 0 Å². The highest BCUT2D eigenvalue weighted by Crippen LogP contribution is 2.26. The van der Waals surface area contributed by atoms with Crippen molar-refractivity contribution in [3.8, 4) is 0 Å². The molecule has 0 spiro atoms. The van der Waals surface area contributed by atoms with Crippen LogP contribution in [0.15, 0.2) is 11.3 Å². The lowest BCUT2D eigenvalue weighted by atomic mass is 10.3. The van der Waals surface area contributed by atoms with Crippen molar-refractivity contribution in [3.05, 3.63) is 12.0 Å². The SMILES string of the molecule is C=Nc1c(C(=O)O)ncnc1N(N)CCN(C)C. The fourth-order valence-electron chi connectivity index (χ4n) is 1.30. The van der Waals surface area contributed by atoms with Gasteiger partial charge in [-0.2, -0.15) is 0 Å². The van der Waals surface area contributed by atoms with Crippen LogP contribution < -0.4 is 10.9 Å². The zero-order valence-electron chi connectivity index (χ0n) is 10.4. The van der Waals surface area contributed by atoms with Crippen LogP contribution in [-0.2, 0) is 0 Å². The Labute approximate surface area is 105 Å². The molecule has 0 aromatic carbocycles. The highest BCUT2D eigenvalue weighted by molar-refractivity contribution is 5.94. The maximum absolute atomic E-state index is 11.0. The predicted molar refractivity (Wildman–Crippen MR) is 68.3 cm³/mol. The van der Waals surface area contributed by atoms with Crippen LogP contribution in [0.1, 0.15) is 10.5 Å². The highest BCUT2D eigenvalue weighted by Gasteiger charge is 2.18. The average molecular weight is 252 g/mol. The van der Waals surface area contributed by atoms with Gasteiger partial charge in [0.2, 0.25) is 0 Å². The molecule has 0 fully saturated rings. The molecule has 0 aliphatic carbocycles. The van der Waals surface area contributed by atoms with Crippen molar-refractivity contribution in [2.75, 3.05) is 32.2 Å². The van der Waals surface area contributed by atoms with Gasteiger partial charge in [-0.1, -0.05) is 0 Å². The summed E-state index contributed by atoms with van der Waals surface area (Å²) in [6.07, 6.45) is 1.14. The molecule has 3 N–H and O–H groups in total. The van der Waals surface area contributed by atoms with Crippen LogP contribution in [0, 0.1) is 0 Å². The van der Waals surface area contributed by atoms with E-state index >= 15 is 0 Å². The zero-order valence-corrected chi connectivity index (χ0v) is 10.4. The van der Waals surface area contributed by atoms with Crippen LogP contribution in [0.2, 0.25) is 0 Å². The molecule has 0 bridgehead atoms. The standard InChI is InChI=1S/C10H16N6O2/c1-12-7-8(10(17)18)13-6-14-9(7)16(11)5-4-15(2)3/h6H,1,4-5,11H2,2-3H3,(H,17,18). The van der Waals surface area contributed by atoms with Crippen LogP contribution in [0.3, 0.4) is 0 Å². The molecule has 0 saturated heterocycles. The number of nitrogens with two attached hydrogens (primary N) is 1. The molecule has 0 radical (unpaired) electrons. The molecule has 98 valence electrons. The van der Waals surface area contributed by atoms with Gasteiger partial charge >= 0.3 is 5.97 Å². The molecule has 1 aromatic rings. The first-order valence-electron chi connectivity index (χ1n) is 5.19. The third-order valence-corrected chi connectivity index (χ3v) is 2.22. The summed E-state index contributed by atoms with van der Waals surface area (Å²) >= 11 is 0. The van der Waals surface area contributed by atoms with E-state index in [1.165, 1.54) is 5.01 Å². The molecule has 1 aromatic heterocycles. The Morgan fingerprint density at radius 2 is 2.17 bits per heavy atom. The summed E-state index contributed by atoms with van der Waals surface area (Å²) in [7, 11) is 3.81. The second kappa shape index (κ2) is 6.03. The number of nitrogens with zero attached hydrogens (tertiary/aromatic N) is 5. The van der Waals surface area contributed by atoms with Gasteiger partial charge in [-0.05, 0) is 20.8 Å². The second-order valence-corrected chi connectivity index (χ2v) is 3.85. The number of carbonyl (C=O) groups is 1. The molecule has 18 heavy (non-hydrogen) atoms. The van der Waals surface area contributed by atoms with Gasteiger partial charge < -0.3 is 10.0 Å². The molecule has 8 heteroatoms. The number of aromatic nitrogens is 2. The van der Waals surface area contributed by atoms with Crippen LogP contribution >= 0.6 is 0 Å². The first kappa shape index (κ1) is 14.0. The lowest BCUT2D eigenvalue weighted by molar-refractivity contribution is 0.0691. The Morgan fingerprint density at radius 1 is 1.50 bits per heavy atom. The summed E-state index contributed by atoms with van der Waals surface area (Å²) in [5, 5.41) is 10.3. The van der Waals surface area contributed by atoms with Gasteiger partial charge in [0.1, 0.15) is 12.0 Å². The van der Waals surface area contributed by atoms with Gasteiger partial charge in [0.15, 0.2) is 11.5 Å². The van der Waals surface area contributed by atoms with Crippen LogP contribution in [0.4, 0.5) is 11.5 Å². The topological polar surface area (TPSA) is 108 Å². The van der Waals surface area contributed by atoms with E-state index in [1.807, 2.05) is 19.0 Å². The molecule has 0 aliphatic heterocycles. The molecular weight excluding hydrogens is 236 g/mol. The molecule has 0 aliphatic rings. The molecule has 0 atom stereocenters. The van der Waals surface area contributed by atoms with Gasteiger partial charge in [0.05, 0.1) is 0 Å². The lowest BCUT2D eigenvalue weighted by Crippen LogP contribution is -2.38. The zero-order chi connectivity index (χ0) is 13.7. The number of carboxylic acids is 1. The average Bonchev–Trinajstić information content (AvgIpc) is 2.34. The van der Waals surface area contributed by atoms with Gasteiger partial charge in [-0.25, -0.2) is 20.6 Å². The third kappa shape index (κ3) is 3.22. The fourth-order valence-corrected chi connectivity index (χ4v) is 1.30. The number of hydrazine groups is 1. The van der Waals surface area contributed by atoms with E-state index in [2.05, 4.69) is 21.7 Å². The lowest BCUT2D eigenvalue weighted by Gasteiger charge is -2.21. The van der Waals surface area contributed by atoms with Crippen molar-refractivity contribution in [3.63, 3.8) is 0 Å². The first-order valence-corrected chi connectivity index (χ1v) is 5.19. The van der Waals surface area contributed by atoms with E-state index in [4.69, 9.17) is 10.9 Å². The molecule has 0 amide bonds. The number of rotatable bonds is 6. The molecule has 1 heterocycles. The van der Waals surface area contributed by atoms with Crippen LogP contribution in [0.25, 0.3) is 0 Å². The van der Waals surface area contributed by atoms with Crippen molar-refractivity contribution in [1.29, 1.82) is 0 Å². The van der Waals surface area contributed by atoms with Gasteiger partial charge in [-0.3, -0.25) is 10.0 Å². The Kier molecular flexibility index (Phi) is 4.69. The number of aromatic carboxylic acids is 1. The number of carboxylic acid groups (broad SMARTS) is 1. The van der Waals surface area contributed by atoms with E-state index in [-0.39, 0.29) is 17.2 Å². The number of hydrogen-bond donors (Lipinski definition) is 2. The van der Waals surface area contributed by atoms with Gasteiger partial charge in [-0.15, -0.1) is 0 Å². The minimum Gasteiger partial charge on any atom is -0.476 e. The van der Waals surface area contributed by atoms with E-state index in [0.717, 1.165) is 6.33 Å². The predicted octanol–water partition coefficient (Wildman–Crippen LogP) is -0.251. The third-order valence-electron chi connectivity index (χ3n) is 2.22. The van der Waals surface area contributed by atoms with Crippen molar-refractivity contribution < 1.29 is 9.90 Å². The summed E-state index contributed by atoms with van der Waals surface area (Å²) in [6.45, 7) is 4.50. The smallest absolute Gasteiger partial charge is 0.356 e. The largest absolute Gasteiger partial charge is 0.476 e. The second-order valence-electron chi connectivity index (χ2n) is 3.85. The Bertz CT molecular complexity index is 448. The van der Waals surface area contributed by atoms with E-state index < -0.39 is 5.97 Å². The Balaban J connectivity index is 3.04. The number of aliphatic imine (C=N–C) groups is 1. The van der Waals surface area contributed by atoms with Crippen LogP contribution in [-0.4, -0.2) is 59.8 Å². The van der Waals surface area contributed by atoms with E-state index in [0.29, 0.717) is 13.1 Å². The summed E-state index contributed by atoms with van der Waals surface area (Å²) in [5.74, 6) is 4.88. The normalized spacial score (nSPS) is 10.4. The quantitative estimate of drug-likeness (QED) is 0.408. The van der Waals surface area contributed by atoms with Crippen molar-refractivity contribution in [2.24, 2.45) is 10.8 Å².